The van der Waals surface area contributed by atoms with Gasteiger partial charge in [0.2, 0.25) is 5.91 Å². The van der Waals surface area contributed by atoms with Gasteiger partial charge in [0.15, 0.2) is 0 Å². The monoisotopic (exact) mass is 324 g/mol. The van der Waals surface area contributed by atoms with E-state index in [0.29, 0.717) is 12.1 Å². The van der Waals surface area contributed by atoms with Crippen LogP contribution in [0.2, 0.25) is 0 Å². The lowest BCUT2D eigenvalue weighted by Gasteiger charge is -2.35. The average molecular weight is 325 g/mol. The van der Waals surface area contributed by atoms with Crippen molar-refractivity contribution in [3.63, 3.8) is 0 Å². The highest BCUT2D eigenvalue weighted by atomic mass is 79.9. The number of rotatable bonds is 3. The topological polar surface area (TPSA) is 62.5 Å². The number of carbonyl (C=O) groups is 1. The molecule has 2 fully saturated rings. The van der Waals surface area contributed by atoms with Crippen LogP contribution in [0.1, 0.15) is 18.2 Å². The molecule has 2 saturated heterocycles. The number of primary amides is 1. The Morgan fingerprint density at radius 2 is 2.32 bits per heavy atom. The highest BCUT2D eigenvalue weighted by molar-refractivity contribution is 9.10. The van der Waals surface area contributed by atoms with Gasteiger partial charge in [0.05, 0.1) is 5.69 Å². The van der Waals surface area contributed by atoms with Crippen LogP contribution >= 0.6 is 15.9 Å². The smallest absolute Gasteiger partial charge is 0.241 e. The highest BCUT2D eigenvalue weighted by Gasteiger charge is 2.46. The van der Waals surface area contributed by atoms with Crippen LogP contribution in [0.25, 0.3) is 0 Å². The molecule has 5 nitrogen and oxygen atoms in total. The summed E-state index contributed by atoms with van der Waals surface area (Å²) >= 11 is 3.42. The molecule has 0 radical (unpaired) electrons. The van der Waals surface area contributed by atoms with Gasteiger partial charge in [-0.1, -0.05) is 15.9 Å². The maximum absolute atomic E-state index is 11.9. The third-order valence-electron chi connectivity index (χ3n) is 4.18. The zero-order chi connectivity index (χ0) is 13.6. The van der Waals surface area contributed by atoms with Crippen molar-refractivity contribution in [2.45, 2.75) is 24.5 Å². The molecule has 0 aromatic carbocycles. The third kappa shape index (κ3) is 2.28. The average Bonchev–Trinajstić information content (AvgIpc) is 2.88. The molecule has 6 heteroatoms. The lowest BCUT2D eigenvalue weighted by Crippen LogP contribution is -2.49. The van der Waals surface area contributed by atoms with Crippen molar-refractivity contribution in [3.05, 3.63) is 28.5 Å². The Bertz CT molecular complexity index is 507. The van der Waals surface area contributed by atoms with E-state index in [9.17, 15) is 4.79 Å². The fourth-order valence-corrected chi connectivity index (χ4v) is 3.62. The maximum Gasteiger partial charge on any atom is 0.241 e. The van der Waals surface area contributed by atoms with Crippen LogP contribution in [0.4, 0.5) is 0 Å². The van der Waals surface area contributed by atoms with Crippen LogP contribution in [0.3, 0.4) is 0 Å². The first-order valence-corrected chi connectivity index (χ1v) is 7.22. The van der Waals surface area contributed by atoms with Crippen LogP contribution in [0, 0.1) is 0 Å². The summed E-state index contributed by atoms with van der Waals surface area (Å²) in [5.41, 5.74) is 6.35. The molecule has 0 spiro atoms. The van der Waals surface area contributed by atoms with Crippen LogP contribution < -0.4 is 5.73 Å². The number of carbonyl (C=O) groups excluding carboxylic acids is 1. The van der Waals surface area contributed by atoms with Crippen molar-refractivity contribution in [3.8, 4) is 0 Å². The van der Waals surface area contributed by atoms with Crippen molar-refractivity contribution in [1.82, 2.24) is 14.8 Å². The second-order valence-electron chi connectivity index (χ2n) is 5.38. The zero-order valence-electron chi connectivity index (χ0n) is 10.8. The summed E-state index contributed by atoms with van der Waals surface area (Å²) in [7, 11) is 2.14. The van der Waals surface area contributed by atoms with Crippen LogP contribution in [-0.2, 0) is 4.79 Å². The Morgan fingerprint density at radius 1 is 1.53 bits per heavy atom. The SMILES string of the molecule is CN1C[C@H]2C[C@@H]1CN2C(C(N)=O)c1cc(Br)ccn1. The van der Waals surface area contributed by atoms with Crippen molar-refractivity contribution >= 4 is 21.8 Å². The summed E-state index contributed by atoms with van der Waals surface area (Å²) in [5, 5.41) is 0. The molecule has 1 amide bonds. The molecule has 1 aromatic rings. The number of likely N-dealkylation sites (N-methyl/N-ethyl adjacent to an activating group) is 1. The number of amides is 1. The Labute approximate surface area is 120 Å². The molecule has 19 heavy (non-hydrogen) atoms. The number of likely N-dealkylation sites (tertiary alicyclic amines) is 2. The van der Waals surface area contributed by atoms with Gasteiger partial charge in [-0.05, 0) is 25.6 Å². The molecule has 2 aliphatic rings. The molecule has 2 aliphatic heterocycles. The predicted octanol–water partition coefficient (Wildman–Crippen LogP) is 0.759. The number of halogens is 1. The fourth-order valence-electron chi connectivity index (χ4n) is 3.26. The van der Waals surface area contributed by atoms with Crippen molar-refractivity contribution in [2.24, 2.45) is 5.73 Å². The minimum Gasteiger partial charge on any atom is -0.368 e. The van der Waals surface area contributed by atoms with Gasteiger partial charge in [-0.3, -0.25) is 14.7 Å². The molecule has 102 valence electrons. The number of nitrogens with two attached hydrogens (primary N) is 1. The number of hydrogen-bond acceptors (Lipinski definition) is 4. The predicted molar refractivity (Wildman–Crippen MR) is 75.4 cm³/mol. The lowest BCUT2D eigenvalue weighted by atomic mass is 10.1. The van der Waals surface area contributed by atoms with E-state index < -0.39 is 6.04 Å². The number of hydrogen-bond donors (Lipinski definition) is 1. The minimum absolute atomic E-state index is 0.319. The van der Waals surface area contributed by atoms with E-state index >= 15 is 0 Å². The van der Waals surface area contributed by atoms with Crippen LogP contribution in [0.15, 0.2) is 22.8 Å². The Morgan fingerprint density at radius 3 is 2.84 bits per heavy atom. The minimum atomic E-state index is -0.416. The molecular weight excluding hydrogens is 308 g/mol. The number of fused-ring (bicyclic) bond motifs is 2. The lowest BCUT2D eigenvalue weighted by molar-refractivity contribution is -0.124. The Balaban J connectivity index is 1.89. The fraction of sp³-hybridized carbons (Fsp3) is 0.538. The molecule has 3 rings (SSSR count). The second kappa shape index (κ2) is 4.85. The molecule has 0 aliphatic carbocycles. The van der Waals surface area contributed by atoms with Gasteiger partial charge in [-0.2, -0.15) is 0 Å². The molecule has 0 saturated carbocycles. The summed E-state index contributed by atoms with van der Waals surface area (Å²) in [6, 6.07) is 4.27. The van der Waals surface area contributed by atoms with Gasteiger partial charge in [-0.15, -0.1) is 0 Å². The van der Waals surface area contributed by atoms with Gasteiger partial charge in [-0.25, -0.2) is 0 Å². The van der Waals surface area contributed by atoms with Crippen LogP contribution in [-0.4, -0.2) is 52.9 Å². The van der Waals surface area contributed by atoms with Crippen molar-refractivity contribution in [1.29, 1.82) is 0 Å². The normalized spacial score (nSPS) is 28.7. The van der Waals surface area contributed by atoms with E-state index in [2.05, 4.69) is 37.8 Å². The van der Waals surface area contributed by atoms with Gasteiger partial charge in [0.1, 0.15) is 6.04 Å². The van der Waals surface area contributed by atoms with Crippen molar-refractivity contribution in [2.75, 3.05) is 20.1 Å². The Kier molecular flexibility index (Phi) is 3.32. The summed E-state index contributed by atoms with van der Waals surface area (Å²) in [6.45, 7) is 1.89. The van der Waals surface area contributed by atoms with E-state index in [1.165, 1.54) is 0 Å². The molecule has 1 aromatic heterocycles. The summed E-state index contributed by atoms with van der Waals surface area (Å²) < 4.78 is 0.922. The first kappa shape index (κ1) is 13.0. The second-order valence-corrected chi connectivity index (χ2v) is 6.30. The van der Waals surface area contributed by atoms with E-state index in [1.54, 1.807) is 6.20 Å². The molecule has 2 bridgehead atoms. The first-order chi connectivity index (χ1) is 9.06. The quantitative estimate of drug-likeness (QED) is 0.891. The summed E-state index contributed by atoms with van der Waals surface area (Å²) in [4.78, 5) is 20.8. The Hall–Kier alpha value is -0.980. The summed E-state index contributed by atoms with van der Waals surface area (Å²) in [5.74, 6) is -0.319. The molecule has 2 N–H and O–H groups in total. The zero-order valence-corrected chi connectivity index (χ0v) is 12.4. The largest absolute Gasteiger partial charge is 0.368 e. The number of aromatic nitrogens is 1. The van der Waals surface area contributed by atoms with E-state index in [0.717, 1.165) is 29.7 Å². The molecule has 1 unspecified atom stereocenters. The number of nitrogens with zero attached hydrogens (tertiary/aromatic N) is 3. The van der Waals surface area contributed by atoms with E-state index in [-0.39, 0.29) is 5.91 Å². The van der Waals surface area contributed by atoms with Gasteiger partial charge >= 0.3 is 0 Å². The van der Waals surface area contributed by atoms with Gasteiger partial charge < -0.3 is 10.6 Å². The molecule has 3 heterocycles. The van der Waals surface area contributed by atoms with E-state index in [1.807, 2.05) is 12.1 Å². The number of pyridine rings is 1. The first-order valence-electron chi connectivity index (χ1n) is 6.43. The molecular formula is C13H17BrN4O. The standard InChI is InChI=1S/C13H17BrN4O/c1-17-6-10-5-9(17)7-18(10)12(13(15)19)11-4-8(14)2-3-16-11/h2-4,9-10,12H,5-7H2,1H3,(H2,15,19)/t9-,10-,12?/m1/s1. The van der Waals surface area contributed by atoms with E-state index in [4.69, 9.17) is 5.73 Å². The maximum atomic E-state index is 11.9. The number of piperazine rings is 1. The third-order valence-corrected chi connectivity index (χ3v) is 4.67. The summed E-state index contributed by atoms with van der Waals surface area (Å²) in [6.07, 6.45) is 2.82. The van der Waals surface area contributed by atoms with Gasteiger partial charge in [0, 0.05) is 35.8 Å². The van der Waals surface area contributed by atoms with Crippen molar-refractivity contribution < 1.29 is 4.79 Å². The molecule has 3 atom stereocenters. The van der Waals surface area contributed by atoms with Gasteiger partial charge in [0.25, 0.3) is 0 Å². The van der Waals surface area contributed by atoms with Crippen LogP contribution in [0.5, 0.6) is 0 Å². The highest BCUT2D eigenvalue weighted by Crippen LogP contribution is 2.35.